The SMILES string of the molecule is CN1CCC[C@]2(CCN(C(=O)c3scc4c3CCCC4)C2)C1=O. The second-order valence-electron chi connectivity index (χ2n) is 7.36. The molecule has 3 heterocycles. The highest BCUT2D eigenvalue weighted by molar-refractivity contribution is 7.12. The van der Waals surface area contributed by atoms with Crippen LogP contribution in [-0.2, 0) is 17.6 Å². The minimum atomic E-state index is -0.306. The molecule has 3 aliphatic rings. The summed E-state index contributed by atoms with van der Waals surface area (Å²) in [6.45, 7) is 2.19. The van der Waals surface area contributed by atoms with E-state index in [0.717, 1.165) is 50.1 Å². The zero-order valence-corrected chi connectivity index (χ0v) is 14.6. The van der Waals surface area contributed by atoms with Crippen LogP contribution in [0.3, 0.4) is 0 Å². The number of carbonyl (C=O) groups excluding carboxylic acids is 2. The molecule has 1 aromatic rings. The van der Waals surface area contributed by atoms with Gasteiger partial charge in [-0.05, 0) is 61.5 Å². The molecule has 0 unspecified atom stereocenters. The molecule has 1 aromatic heterocycles. The second-order valence-corrected chi connectivity index (χ2v) is 8.24. The van der Waals surface area contributed by atoms with Crippen LogP contribution in [-0.4, -0.2) is 48.3 Å². The Labute approximate surface area is 141 Å². The van der Waals surface area contributed by atoms with Crippen LogP contribution in [0.15, 0.2) is 5.38 Å². The van der Waals surface area contributed by atoms with Gasteiger partial charge in [0, 0.05) is 26.7 Å². The fraction of sp³-hybridized carbons (Fsp3) is 0.667. The molecule has 124 valence electrons. The monoisotopic (exact) mass is 332 g/mol. The normalized spacial score (nSPS) is 27.6. The van der Waals surface area contributed by atoms with Crippen molar-refractivity contribution in [2.75, 3.05) is 26.7 Å². The number of aryl methyl sites for hydroxylation is 1. The van der Waals surface area contributed by atoms with Crippen molar-refractivity contribution >= 4 is 23.2 Å². The van der Waals surface area contributed by atoms with Gasteiger partial charge in [0.1, 0.15) is 0 Å². The van der Waals surface area contributed by atoms with Crippen molar-refractivity contribution in [3.8, 4) is 0 Å². The lowest BCUT2D eigenvalue weighted by Gasteiger charge is -2.37. The predicted molar refractivity (Wildman–Crippen MR) is 90.8 cm³/mol. The number of thiophene rings is 1. The topological polar surface area (TPSA) is 40.6 Å². The molecule has 23 heavy (non-hydrogen) atoms. The second kappa shape index (κ2) is 5.62. The first-order chi connectivity index (χ1) is 11.1. The number of nitrogens with zero attached hydrogens (tertiary/aromatic N) is 2. The maximum atomic E-state index is 13.0. The van der Waals surface area contributed by atoms with E-state index in [1.165, 1.54) is 24.0 Å². The molecule has 0 radical (unpaired) electrons. The van der Waals surface area contributed by atoms with Crippen molar-refractivity contribution in [1.82, 2.24) is 9.80 Å². The van der Waals surface area contributed by atoms with E-state index in [-0.39, 0.29) is 17.2 Å². The highest BCUT2D eigenvalue weighted by Crippen LogP contribution is 2.41. The molecule has 2 aliphatic heterocycles. The Balaban J connectivity index is 1.55. The Morgan fingerprint density at radius 1 is 1.17 bits per heavy atom. The van der Waals surface area contributed by atoms with Crippen LogP contribution in [0.25, 0.3) is 0 Å². The van der Waals surface area contributed by atoms with E-state index in [1.54, 1.807) is 11.3 Å². The van der Waals surface area contributed by atoms with E-state index < -0.39 is 0 Å². The van der Waals surface area contributed by atoms with E-state index >= 15 is 0 Å². The Bertz CT molecular complexity index is 653. The quantitative estimate of drug-likeness (QED) is 0.793. The van der Waals surface area contributed by atoms with Gasteiger partial charge >= 0.3 is 0 Å². The summed E-state index contributed by atoms with van der Waals surface area (Å²) >= 11 is 1.61. The van der Waals surface area contributed by atoms with Crippen molar-refractivity contribution in [2.24, 2.45) is 5.41 Å². The summed E-state index contributed by atoms with van der Waals surface area (Å²) in [5.41, 5.74) is 2.37. The standard InChI is InChI=1S/C18H24N2O2S/c1-19-9-4-7-18(17(19)22)8-10-20(12-18)16(21)15-14-6-3-2-5-13(14)11-23-15/h11H,2-10,12H2,1H3/t18-/m1/s1. The Morgan fingerprint density at radius 3 is 2.87 bits per heavy atom. The summed E-state index contributed by atoms with van der Waals surface area (Å²) in [6.07, 6.45) is 7.41. The van der Waals surface area contributed by atoms with Crippen LogP contribution in [0.4, 0.5) is 0 Å². The van der Waals surface area contributed by atoms with E-state index in [1.807, 2.05) is 16.8 Å². The third-order valence-corrected chi connectivity index (χ3v) is 6.95. The maximum Gasteiger partial charge on any atom is 0.264 e. The summed E-state index contributed by atoms with van der Waals surface area (Å²) in [7, 11) is 1.89. The third-order valence-electron chi connectivity index (χ3n) is 5.89. The Hall–Kier alpha value is -1.36. The number of carbonyl (C=O) groups is 2. The lowest BCUT2D eigenvalue weighted by atomic mass is 9.78. The van der Waals surface area contributed by atoms with Gasteiger partial charge in [-0.15, -0.1) is 11.3 Å². The highest BCUT2D eigenvalue weighted by atomic mass is 32.1. The smallest absolute Gasteiger partial charge is 0.264 e. The third kappa shape index (κ3) is 2.40. The number of hydrogen-bond donors (Lipinski definition) is 0. The van der Waals surface area contributed by atoms with Crippen molar-refractivity contribution in [3.05, 3.63) is 21.4 Å². The largest absolute Gasteiger partial charge is 0.345 e. The van der Waals surface area contributed by atoms with Gasteiger partial charge < -0.3 is 9.80 Å². The average molecular weight is 332 g/mol. The summed E-state index contributed by atoms with van der Waals surface area (Å²) in [6, 6.07) is 0. The van der Waals surface area contributed by atoms with Crippen LogP contribution >= 0.6 is 11.3 Å². The highest BCUT2D eigenvalue weighted by Gasteiger charge is 2.48. The summed E-state index contributed by atoms with van der Waals surface area (Å²) in [5, 5.41) is 2.17. The summed E-state index contributed by atoms with van der Waals surface area (Å²) in [5.74, 6) is 0.406. The van der Waals surface area contributed by atoms with E-state index in [9.17, 15) is 9.59 Å². The van der Waals surface area contributed by atoms with Crippen LogP contribution in [0, 0.1) is 5.41 Å². The van der Waals surface area contributed by atoms with Gasteiger partial charge in [-0.2, -0.15) is 0 Å². The molecule has 1 atom stereocenters. The molecule has 1 aliphatic carbocycles. The molecule has 0 saturated carbocycles. The lowest BCUT2D eigenvalue weighted by molar-refractivity contribution is -0.143. The van der Waals surface area contributed by atoms with Crippen molar-refractivity contribution < 1.29 is 9.59 Å². The Kier molecular flexibility index (Phi) is 3.71. The first-order valence-corrected chi connectivity index (χ1v) is 9.63. The molecule has 5 heteroatoms. The first-order valence-electron chi connectivity index (χ1n) is 8.75. The summed E-state index contributed by atoms with van der Waals surface area (Å²) < 4.78 is 0. The van der Waals surface area contributed by atoms with Crippen LogP contribution in [0.1, 0.15) is 52.9 Å². The van der Waals surface area contributed by atoms with Crippen LogP contribution in [0.5, 0.6) is 0 Å². The zero-order valence-electron chi connectivity index (χ0n) is 13.8. The molecule has 1 spiro atoms. The minimum absolute atomic E-state index is 0.163. The fourth-order valence-electron chi connectivity index (χ4n) is 4.53. The molecule has 2 amide bonds. The van der Waals surface area contributed by atoms with Gasteiger partial charge in [-0.3, -0.25) is 9.59 Å². The number of piperidine rings is 1. The molecule has 2 saturated heterocycles. The van der Waals surface area contributed by atoms with E-state index in [0.29, 0.717) is 6.54 Å². The van der Waals surface area contributed by atoms with Crippen molar-refractivity contribution in [1.29, 1.82) is 0 Å². The van der Waals surface area contributed by atoms with Gasteiger partial charge in [-0.25, -0.2) is 0 Å². The van der Waals surface area contributed by atoms with Crippen molar-refractivity contribution in [3.63, 3.8) is 0 Å². The number of rotatable bonds is 1. The van der Waals surface area contributed by atoms with Gasteiger partial charge in [0.25, 0.3) is 5.91 Å². The van der Waals surface area contributed by atoms with E-state index in [2.05, 4.69) is 5.38 Å². The summed E-state index contributed by atoms with van der Waals surface area (Å²) in [4.78, 5) is 30.4. The molecular formula is C18H24N2O2S. The van der Waals surface area contributed by atoms with Gasteiger partial charge in [0.2, 0.25) is 5.91 Å². The van der Waals surface area contributed by atoms with Gasteiger partial charge in [0.05, 0.1) is 10.3 Å². The van der Waals surface area contributed by atoms with Gasteiger partial charge in [0.15, 0.2) is 0 Å². The van der Waals surface area contributed by atoms with Gasteiger partial charge in [-0.1, -0.05) is 0 Å². The minimum Gasteiger partial charge on any atom is -0.345 e. The molecular weight excluding hydrogens is 308 g/mol. The number of fused-ring (bicyclic) bond motifs is 1. The number of amides is 2. The molecule has 4 nitrogen and oxygen atoms in total. The predicted octanol–water partition coefficient (Wildman–Crippen LogP) is 2.71. The number of likely N-dealkylation sites (tertiary alicyclic amines) is 2. The maximum absolute atomic E-state index is 13.0. The first kappa shape index (κ1) is 15.2. The molecule has 0 aromatic carbocycles. The van der Waals surface area contributed by atoms with Crippen molar-refractivity contribution in [2.45, 2.75) is 44.9 Å². The molecule has 0 N–H and O–H groups in total. The molecule has 0 bridgehead atoms. The molecule has 4 rings (SSSR count). The van der Waals surface area contributed by atoms with Crippen LogP contribution < -0.4 is 0 Å². The Morgan fingerprint density at radius 2 is 2.00 bits per heavy atom. The fourth-order valence-corrected chi connectivity index (χ4v) is 5.66. The molecule has 2 fully saturated rings. The zero-order chi connectivity index (χ0) is 16.0. The number of hydrogen-bond acceptors (Lipinski definition) is 3. The lowest BCUT2D eigenvalue weighted by Crippen LogP contribution is -2.48. The average Bonchev–Trinajstić information content (AvgIpc) is 3.17. The van der Waals surface area contributed by atoms with E-state index in [4.69, 9.17) is 0 Å². The van der Waals surface area contributed by atoms with Crippen LogP contribution in [0.2, 0.25) is 0 Å².